The van der Waals surface area contributed by atoms with Crippen LogP contribution >= 0.6 is 30.1 Å². The van der Waals surface area contributed by atoms with E-state index in [1.54, 1.807) is 0 Å². The van der Waals surface area contributed by atoms with Crippen LogP contribution in [0.2, 0.25) is 0 Å². The average molecular weight is 265 g/mol. The molecule has 0 unspecified atom stereocenters. The zero-order valence-corrected chi connectivity index (χ0v) is 7.82. The lowest BCUT2D eigenvalue weighted by molar-refractivity contribution is 0.608. The second kappa shape index (κ2) is 3.57. The molecule has 0 aromatic carbocycles. The van der Waals surface area contributed by atoms with Gasteiger partial charge in [-0.25, -0.2) is 4.39 Å². The van der Waals surface area contributed by atoms with E-state index in [-0.39, 0.29) is 11.3 Å². The Labute approximate surface area is 75.8 Å². The maximum absolute atomic E-state index is 12.8. The van der Waals surface area contributed by atoms with E-state index >= 15 is 0 Å². The lowest BCUT2D eigenvalue weighted by Gasteiger charge is -1.98. The summed E-state index contributed by atoms with van der Waals surface area (Å²) in [6.45, 7) is 0. The highest BCUT2D eigenvalue weighted by Gasteiger charge is 2.02. The van der Waals surface area contributed by atoms with Crippen LogP contribution < -0.4 is 5.46 Å². The smallest absolute Gasteiger partial charge is 0.133 e. The third kappa shape index (κ3) is 1.63. The zero-order valence-electron chi connectivity index (χ0n) is 4.84. The summed E-state index contributed by atoms with van der Waals surface area (Å²) in [6, 6.07) is 0. The minimum Gasteiger partial charge on any atom is -0.264 e. The van der Waals surface area contributed by atoms with Crippen LogP contribution in [0.25, 0.3) is 0 Å². The topological polar surface area (TPSA) is 12.9 Å². The van der Waals surface area contributed by atoms with Crippen molar-refractivity contribution in [3.8, 4) is 0 Å². The van der Waals surface area contributed by atoms with Crippen molar-refractivity contribution < 1.29 is 4.39 Å². The molecule has 50 valence electrons. The monoisotopic (exact) mass is 265 g/mol. The molecule has 0 saturated heterocycles. The number of pyridine rings is 1. The van der Waals surface area contributed by atoms with E-state index in [1.807, 2.05) is 21.2 Å². The lowest BCUT2D eigenvalue weighted by Crippen LogP contribution is -2.09. The van der Waals surface area contributed by atoms with E-state index in [2.05, 4.69) is 4.98 Å². The summed E-state index contributed by atoms with van der Waals surface area (Å²) < 4.78 is 12.8. The Morgan fingerprint density at radius 3 is 2.80 bits per heavy atom. The summed E-state index contributed by atoms with van der Waals surface area (Å²) >= 11 is 1.98. The van der Waals surface area contributed by atoms with Gasteiger partial charge in [0.05, 0.1) is 4.90 Å². The standard InChI is InChI=1S/C5H2BFINS/c6-3-1-9-2-4(10-8)5(3)7/h1-2H. The Bertz CT molecular complexity index is 245. The zero-order chi connectivity index (χ0) is 7.56. The fraction of sp³-hybridized carbons (Fsp3) is 0. The van der Waals surface area contributed by atoms with Gasteiger partial charge in [0.2, 0.25) is 0 Å². The van der Waals surface area contributed by atoms with Crippen molar-refractivity contribution in [2.75, 3.05) is 0 Å². The summed E-state index contributed by atoms with van der Waals surface area (Å²) in [5.41, 5.74) is 0.0988. The van der Waals surface area contributed by atoms with Crippen molar-refractivity contribution in [2.45, 2.75) is 4.90 Å². The molecule has 10 heavy (non-hydrogen) atoms. The molecule has 0 spiro atoms. The second-order valence-electron chi connectivity index (χ2n) is 1.62. The molecule has 1 heterocycles. The third-order valence-corrected chi connectivity index (χ3v) is 2.83. The number of aromatic nitrogens is 1. The first-order chi connectivity index (χ1) is 4.75. The van der Waals surface area contributed by atoms with Gasteiger partial charge >= 0.3 is 0 Å². The third-order valence-electron chi connectivity index (χ3n) is 0.958. The van der Waals surface area contributed by atoms with Crippen molar-refractivity contribution in [3.05, 3.63) is 18.2 Å². The Kier molecular flexibility index (Phi) is 2.97. The van der Waals surface area contributed by atoms with Crippen LogP contribution in [0.3, 0.4) is 0 Å². The van der Waals surface area contributed by atoms with Crippen LogP contribution in [0, 0.1) is 5.82 Å². The maximum Gasteiger partial charge on any atom is 0.133 e. The van der Waals surface area contributed by atoms with Crippen LogP contribution in [0.1, 0.15) is 0 Å². The molecule has 0 aliphatic heterocycles. The van der Waals surface area contributed by atoms with E-state index in [0.29, 0.717) is 4.90 Å². The SMILES string of the molecule is [B]c1cncc(SI)c1F. The maximum atomic E-state index is 12.8. The summed E-state index contributed by atoms with van der Waals surface area (Å²) in [5, 5.41) is 0. The fourth-order valence-corrected chi connectivity index (χ4v) is 1.70. The molecule has 1 aromatic rings. The first kappa shape index (κ1) is 8.32. The summed E-state index contributed by atoms with van der Waals surface area (Å²) in [6.07, 6.45) is 2.74. The van der Waals surface area contributed by atoms with E-state index in [9.17, 15) is 4.39 Å². The number of hydrogen-bond donors (Lipinski definition) is 0. The van der Waals surface area contributed by atoms with Crippen molar-refractivity contribution in [1.29, 1.82) is 0 Å². The number of hydrogen-bond acceptors (Lipinski definition) is 2. The summed E-state index contributed by atoms with van der Waals surface area (Å²) in [4.78, 5) is 4.20. The van der Waals surface area contributed by atoms with Gasteiger partial charge in [0.15, 0.2) is 0 Å². The number of nitrogens with zero attached hydrogens (tertiary/aromatic N) is 1. The average Bonchev–Trinajstić information content (AvgIpc) is 1.95. The van der Waals surface area contributed by atoms with Crippen LogP contribution in [0.5, 0.6) is 0 Å². The predicted octanol–water partition coefficient (Wildman–Crippen LogP) is 1.46. The molecule has 1 nitrogen and oxygen atoms in total. The van der Waals surface area contributed by atoms with Gasteiger partial charge in [-0.3, -0.25) is 4.98 Å². The van der Waals surface area contributed by atoms with Gasteiger partial charge in [0.1, 0.15) is 13.7 Å². The molecular weight excluding hydrogens is 263 g/mol. The van der Waals surface area contributed by atoms with Gasteiger partial charge in [-0.2, -0.15) is 0 Å². The fourth-order valence-electron chi connectivity index (χ4n) is 0.495. The molecule has 0 aliphatic carbocycles. The van der Waals surface area contributed by atoms with Crippen molar-refractivity contribution in [2.24, 2.45) is 0 Å². The Hall–Kier alpha value is 0.225. The van der Waals surface area contributed by atoms with Gasteiger partial charge in [0.25, 0.3) is 0 Å². The van der Waals surface area contributed by atoms with Crippen LogP contribution in [0.15, 0.2) is 17.3 Å². The van der Waals surface area contributed by atoms with E-state index in [0.717, 1.165) is 0 Å². The second-order valence-corrected chi connectivity index (χ2v) is 3.53. The lowest BCUT2D eigenvalue weighted by atomic mass is 9.98. The van der Waals surface area contributed by atoms with E-state index < -0.39 is 0 Å². The Balaban J connectivity index is 3.14. The molecule has 0 bridgehead atoms. The van der Waals surface area contributed by atoms with Gasteiger partial charge in [0, 0.05) is 33.6 Å². The van der Waals surface area contributed by atoms with Crippen molar-refractivity contribution in [3.63, 3.8) is 0 Å². The highest BCUT2D eigenvalue weighted by atomic mass is 127. The molecule has 2 radical (unpaired) electrons. The molecule has 1 aromatic heterocycles. The van der Waals surface area contributed by atoms with Crippen molar-refractivity contribution >= 4 is 43.4 Å². The molecule has 1 rings (SSSR count). The van der Waals surface area contributed by atoms with E-state index in [1.165, 1.54) is 21.3 Å². The molecule has 0 saturated carbocycles. The van der Waals surface area contributed by atoms with Gasteiger partial charge < -0.3 is 0 Å². The molecule has 0 amide bonds. The molecule has 0 N–H and O–H groups in total. The van der Waals surface area contributed by atoms with Gasteiger partial charge in [-0.05, 0) is 14.4 Å². The Morgan fingerprint density at radius 1 is 1.60 bits per heavy atom. The normalized spacial score (nSPS) is 9.80. The summed E-state index contributed by atoms with van der Waals surface area (Å²) in [7, 11) is 6.50. The van der Waals surface area contributed by atoms with Crippen LogP contribution in [-0.2, 0) is 0 Å². The summed E-state index contributed by atoms with van der Waals surface area (Å²) in [5.74, 6) is -0.380. The molecule has 0 atom stereocenters. The van der Waals surface area contributed by atoms with Crippen LogP contribution in [0.4, 0.5) is 4.39 Å². The highest BCUT2D eigenvalue weighted by Crippen LogP contribution is 2.25. The molecular formula is C5H2BFINS. The molecule has 5 heteroatoms. The first-order valence-electron chi connectivity index (χ1n) is 2.43. The Morgan fingerprint density at radius 2 is 2.30 bits per heavy atom. The highest BCUT2D eigenvalue weighted by molar-refractivity contribution is 14.2. The quantitative estimate of drug-likeness (QED) is 0.563. The van der Waals surface area contributed by atoms with Gasteiger partial charge in [-0.15, -0.1) is 0 Å². The van der Waals surface area contributed by atoms with E-state index in [4.69, 9.17) is 7.85 Å². The van der Waals surface area contributed by atoms with Crippen LogP contribution in [-0.4, -0.2) is 12.8 Å². The largest absolute Gasteiger partial charge is 0.264 e. The minimum atomic E-state index is -0.380. The van der Waals surface area contributed by atoms with Gasteiger partial charge in [-0.1, -0.05) is 0 Å². The van der Waals surface area contributed by atoms with Crippen molar-refractivity contribution in [1.82, 2.24) is 4.98 Å². The predicted molar refractivity (Wildman–Crippen MR) is 49.5 cm³/mol. The molecule has 0 aliphatic rings. The first-order valence-corrected chi connectivity index (χ1v) is 5.79. The number of rotatable bonds is 1. The minimum absolute atomic E-state index is 0.0988. The molecule has 0 fully saturated rings. The number of halogens is 2.